The van der Waals surface area contributed by atoms with Gasteiger partial charge in [0, 0.05) is 5.56 Å². The number of hydrogen-bond donors (Lipinski definition) is 0. The molecule has 120 valence electrons. The van der Waals surface area contributed by atoms with Crippen molar-refractivity contribution in [2.75, 3.05) is 0 Å². The second kappa shape index (κ2) is 6.38. The van der Waals surface area contributed by atoms with Gasteiger partial charge in [0.15, 0.2) is 6.10 Å². The lowest BCUT2D eigenvalue weighted by Gasteiger charge is -2.06. The molecule has 0 aliphatic heterocycles. The average molecular weight is 340 g/mol. The zero-order valence-corrected chi connectivity index (χ0v) is 13.0. The summed E-state index contributed by atoms with van der Waals surface area (Å²) in [6, 6.07) is 6.30. The molecular formula is C15H11F3N2O2S. The molecule has 1 heterocycles. The minimum absolute atomic E-state index is 0.224. The van der Waals surface area contributed by atoms with E-state index in [9.17, 15) is 18.0 Å². The molecule has 0 fully saturated rings. The topological polar surface area (TPSA) is 63.0 Å². The van der Waals surface area contributed by atoms with Crippen LogP contribution in [0.5, 0.6) is 0 Å². The molecule has 2 rings (SSSR count). The maximum atomic E-state index is 12.6. The number of esters is 1. The molecule has 0 radical (unpaired) electrons. The van der Waals surface area contributed by atoms with Crippen LogP contribution < -0.4 is 0 Å². The third-order valence-electron chi connectivity index (χ3n) is 2.91. The summed E-state index contributed by atoms with van der Waals surface area (Å²) in [5, 5.41) is 9.05. The Balaban J connectivity index is 2.27. The molecule has 0 spiro atoms. The Labute approximate surface area is 134 Å². The number of carbonyl (C=O) groups excluding carboxylic acids is 1. The lowest BCUT2D eigenvalue weighted by Crippen LogP contribution is -2.12. The van der Waals surface area contributed by atoms with Crippen molar-refractivity contribution in [3.05, 3.63) is 40.4 Å². The molecule has 0 aliphatic carbocycles. The predicted octanol–water partition coefficient (Wildman–Crippen LogP) is 4.21. The first kappa shape index (κ1) is 17.0. The van der Waals surface area contributed by atoms with Gasteiger partial charge in [-0.2, -0.15) is 18.4 Å². The highest BCUT2D eigenvalue weighted by molar-refractivity contribution is 7.17. The Morgan fingerprint density at radius 1 is 1.35 bits per heavy atom. The van der Waals surface area contributed by atoms with E-state index in [1.54, 1.807) is 13.0 Å². The van der Waals surface area contributed by atoms with Crippen LogP contribution in [0, 0.1) is 18.3 Å². The van der Waals surface area contributed by atoms with Crippen LogP contribution in [0.3, 0.4) is 0 Å². The minimum Gasteiger partial charge on any atom is -0.443 e. The smallest absolute Gasteiger partial charge is 0.416 e. The number of carbonyl (C=O) groups is 1. The van der Waals surface area contributed by atoms with Crippen molar-refractivity contribution in [2.45, 2.75) is 26.1 Å². The Kier molecular flexibility index (Phi) is 4.71. The van der Waals surface area contributed by atoms with E-state index in [1.165, 1.54) is 19.1 Å². The monoisotopic (exact) mass is 340 g/mol. The number of aromatic nitrogens is 1. The zero-order chi connectivity index (χ0) is 17.2. The molecule has 0 saturated carbocycles. The largest absolute Gasteiger partial charge is 0.443 e. The summed E-state index contributed by atoms with van der Waals surface area (Å²) in [6.07, 6.45) is -5.29. The Morgan fingerprint density at radius 2 is 1.96 bits per heavy atom. The first-order valence-electron chi connectivity index (χ1n) is 6.48. The molecule has 0 N–H and O–H groups in total. The van der Waals surface area contributed by atoms with Gasteiger partial charge >= 0.3 is 12.1 Å². The van der Waals surface area contributed by atoms with Gasteiger partial charge in [0.1, 0.15) is 16.0 Å². The number of halogens is 3. The van der Waals surface area contributed by atoms with Crippen LogP contribution in [-0.2, 0) is 10.9 Å². The molecule has 1 unspecified atom stereocenters. The van der Waals surface area contributed by atoms with Crippen LogP contribution in [0.15, 0.2) is 24.3 Å². The fraction of sp³-hybridized carbons (Fsp3) is 0.267. The van der Waals surface area contributed by atoms with Crippen LogP contribution in [0.4, 0.5) is 13.2 Å². The van der Waals surface area contributed by atoms with Gasteiger partial charge in [-0.05, 0) is 26.0 Å². The summed E-state index contributed by atoms with van der Waals surface area (Å²) >= 11 is 1.01. The minimum atomic E-state index is -4.40. The van der Waals surface area contributed by atoms with E-state index in [4.69, 9.17) is 10.00 Å². The van der Waals surface area contributed by atoms with E-state index in [1.807, 2.05) is 0 Å². The number of hydrogen-bond acceptors (Lipinski definition) is 5. The lowest BCUT2D eigenvalue weighted by molar-refractivity contribution is -0.137. The van der Waals surface area contributed by atoms with E-state index in [0.29, 0.717) is 16.3 Å². The number of alkyl halides is 3. The first-order valence-corrected chi connectivity index (χ1v) is 7.29. The van der Waals surface area contributed by atoms with Crippen LogP contribution in [0.25, 0.3) is 10.6 Å². The standard InChI is InChI=1S/C15H11F3N2O2S/c1-8(7-19)22-14(21)12-9(2)20-13(23-12)10-3-5-11(6-4-10)15(16,17)18/h3-6,8H,1-2H3. The second-order valence-corrected chi connectivity index (χ2v) is 5.68. The van der Waals surface area contributed by atoms with Gasteiger partial charge in [0.25, 0.3) is 0 Å². The number of benzene rings is 1. The SMILES string of the molecule is Cc1nc(-c2ccc(C(F)(F)F)cc2)sc1C(=O)OC(C)C#N. The summed E-state index contributed by atoms with van der Waals surface area (Å²) < 4.78 is 42.6. The van der Waals surface area contributed by atoms with Crippen molar-refractivity contribution in [2.24, 2.45) is 0 Å². The van der Waals surface area contributed by atoms with Crippen molar-refractivity contribution in [1.29, 1.82) is 5.26 Å². The number of nitriles is 1. The molecule has 0 saturated heterocycles. The number of thiazole rings is 1. The summed E-state index contributed by atoms with van der Waals surface area (Å²) in [6.45, 7) is 3.03. The quantitative estimate of drug-likeness (QED) is 0.785. The molecule has 1 atom stereocenters. The van der Waals surface area contributed by atoms with E-state index in [2.05, 4.69) is 4.98 Å². The van der Waals surface area contributed by atoms with E-state index in [-0.39, 0.29) is 4.88 Å². The van der Waals surface area contributed by atoms with Crippen molar-refractivity contribution in [3.8, 4) is 16.6 Å². The average Bonchev–Trinajstić information content (AvgIpc) is 2.88. The van der Waals surface area contributed by atoms with Crippen molar-refractivity contribution < 1.29 is 22.7 Å². The third-order valence-corrected chi connectivity index (χ3v) is 4.09. The fourth-order valence-corrected chi connectivity index (χ4v) is 2.71. The molecule has 0 amide bonds. The maximum Gasteiger partial charge on any atom is 0.416 e. The number of rotatable bonds is 3. The number of aryl methyl sites for hydroxylation is 1. The van der Waals surface area contributed by atoms with Gasteiger partial charge in [-0.25, -0.2) is 9.78 Å². The van der Waals surface area contributed by atoms with Gasteiger partial charge in [-0.1, -0.05) is 12.1 Å². The molecule has 1 aromatic carbocycles. The maximum absolute atomic E-state index is 12.6. The van der Waals surface area contributed by atoms with Crippen LogP contribution in [0.2, 0.25) is 0 Å². The predicted molar refractivity (Wildman–Crippen MR) is 77.8 cm³/mol. The molecular weight excluding hydrogens is 329 g/mol. The molecule has 1 aromatic heterocycles. The Morgan fingerprint density at radius 3 is 2.48 bits per heavy atom. The highest BCUT2D eigenvalue weighted by Crippen LogP contribution is 2.33. The first-order chi connectivity index (χ1) is 10.7. The summed E-state index contributed by atoms with van der Waals surface area (Å²) in [5.74, 6) is -0.674. The highest BCUT2D eigenvalue weighted by Gasteiger charge is 2.30. The van der Waals surface area contributed by atoms with E-state index < -0.39 is 23.8 Å². The molecule has 2 aromatic rings. The van der Waals surface area contributed by atoms with Gasteiger partial charge in [0.05, 0.1) is 11.3 Å². The molecule has 23 heavy (non-hydrogen) atoms. The normalized spacial score (nSPS) is 12.5. The molecule has 4 nitrogen and oxygen atoms in total. The van der Waals surface area contributed by atoms with Crippen LogP contribution in [-0.4, -0.2) is 17.1 Å². The Bertz CT molecular complexity index is 761. The lowest BCUT2D eigenvalue weighted by atomic mass is 10.1. The number of ether oxygens (including phenoxy) is 1. The van der Waals surface area contributed by atoms with Crippen molar-refractivity contribution >= 4 is 17.3 Å². The summed E-state index contributed by atoms with van der Waals surface area (Å²) in [7, 11) is 0. The molecule has 0 bridgehead atoms. The van der Waals surface area contributed by atoms with Gasteiger partial charge in [0.2, 0.25) is 0 Å². The van der Waals surface area contributed by atoms with Crippen molar-refractivity contribution in [1.82, 2.24) is 4.98 Å². The van der Waals surface area contributed by atoms with Crippen LogP contribution >= 0.6 is 11.3 Å². The highest BCUT2D eigenvalue weighted by atomic mass is 32.1. The number of nitrogens with zero attached hydrogens (tertiary/aromatic N) is 2. The van der Waals surface area contributed by atoms with E-state index in [0.717, 1.165) is 23.5 Å². The van der Waals surface area contributed by atoms with Crippen molar-refractivity contribution in [3.63, 3.8) is 0 Å². The Hall–Kier alpha value is -2.40. The van der Waals surface area contributed by atoms with Gasteiger partial charge in [-0.3, -0.25) is 0 Å². The van der Waals surface area contributed by atoms with Crippen LogP contribution in [0.1, 0.15) is 27.9 Å². The zero-order valence-electron chi connectivity index (χ0n) is 12.1. The van der Waals surface area contributed by atoms with E-state index >= 15 is 0 Å². The summed E-state index contributed by atoms with van der Waals surface area (Å²) in [4.78, 5) is 16.3. The second-order valence-electron chi connectivity index (χ2n) is 4.69. The van der Waals surface area contributed by atoms with Gasteiger partial charge in [-0.15, -0.1) is 11.3 Å². The fourth-order valence-electron chi connectivity index (χ4n) is 1.75. The molecule has 8 heteroatoms. The summed E-state index contributed by atoms with van der Waals surface area (Å²) in [5.41, 5.74) is 0.121. The van der Waals surface area contributed by atoms with Gasteiger partial charge < -0.3 is 4.74 Å². The third kappa shape index (κ3) is 3.87. The molecule has 0 aliphatic rings.